The van der Waals surface area contributed by atoms with Gasteiger partial charge in [-0.1, -0.05) is 19.1 Å². The van der Waals surface area contributed by atoms with Crippen molar-refractivity contribution in [2.24, 2.45) is 0 Å². The molecule has 2 nitrogen and oxygen atoms in total. The second-order valence-corrected chi connectivity index (χ2v) is 3.46. The summed E-state index contributed by atoms with van der Waals surface area (Å²) in [6.45, 7) is 3.76. The van der Waals surface area contributed by atoms with E-state index in [1.807, 2.05) is 6.92 Å². The van der Waals surface area contributed by atoms with Crippen LogP contribution >= 0.6 is 0 Å². The van der Waals surface area contributed by atoms with E-state index in [1.54, 1.807) is 12.1 Å². The van der Waals surface area contributed by atoms with Crippen molar-refractivity contribution in [1.29, 1.82) is 0 Å². The Balaban J connectivity index is 2.65. The molecule has 0 aromatic heterocycles. The van der Waals surface area contributed by atoms with Crippen LogP contribution in [0.2, 0.25) is 0 Å². The topological polar surface area (TPSA) is 26.3 Å². The van der Waals surface area contributed by atoms with Crippen LogP contribution in [0.15, 0.2) is 24.3 Å². The van der Waals surface area contributed by atoms with Gasteiger partial charge in [0, 0.05) is 12.8 Å². The van der Waals surface area contributed by atoms with Crippen LogP contribution in [0.3, 0.4) is 0 Å². The van der Waals surface area contributed by atoms with Gasteiger partial charge in [0.2, 0.25) is 0 Å². The molecule has 82 valence electrons. The van der Waals surface area contributed by atoms with Crippen molar-refractivity contribution in [3.63, 3.8) is 0 Å². The SMILES string of the molecule is CCC(COC(C)=O)c1ccc(F)cc1. The highest BCUT2D eigenvalue weighted by atomic mass is 19.1. The zero-order chi connectivity index (χ0) is 11.3. The van der Waals surface area contributed by atoms with Crippen LogP contribution in [-0.4, -0.2) is 12.6 Å². The molecule has 0 spiro atoms. The van der Waals surface area contributed by atoms with E-state index in [9.17, 15) is 9.18 Å². The first-order valence-corrected chi connectivity index (χ1v) is 5.02. The van der Waals surface area contributed by atoms with Crippen molar-refractivity contribution in [3.8, 4) is 0 Å². The lowest BCUT2D eigenvalue weighted by atomic mass is 9.97. The Morgan fingerprint density at radius 1 is 1.40 bits per heavy atom. The molecule has 0 saturated carbocycles. The predicted molar refractivity (Wildman–Crippen MR) is 56.1 cm³/mol. The van der Waals surface area contributed by atoms with Crippen molar-refractivity contribution in [3.05, 3.63) is 35.6 Å². The Labute approximate surface area is 89.1 Å². The highest BCUT2D eigenvalue weighted by Gasteiger charge is 2.10. The molecule has 1 aromatic rings. The van der Waals surface area contributed by atoms with E-state index < -0.39 is 0 Å². The molecular weight excluding hydrogens is 195 g/mol. The average molecular weight is 210 g/mol. The third kappa shape index (κ3) is 3.70. The summed E-state index contributed by atoms with van der Waals surface area (Å²) in [5.41, 5.74) is 1.00. The molecule has 1 unspecified atom stereocenters. The summed E-state index contributed by atoms with van der Waals surface area (Å²) in [5.74, 6) is -0.383. The quantitative estimate of drug-likeness (QED) is 0.714. The first-order chi connectivity index (χ1) is 7.13. The number of carbonyl (C=O) groups is 1. The molecule has 0 fully saturated rings. The summed E-state index contributed by atoms with van der Waals surface area (Å²) >= 11 is 0. The van der Waals surface area contributed by atoms with Crippen LogP contribution in [0.5, 0.6) is 0 Å². The van der Waals surface area contributed by atoms with Gasteiger partial charge >= 0.3 is 5.97 Å². The number of carbonyl (C=O) groups excluding carboxylic acids is 1. The van der Waals surface area contributed by atoms with Crippen LogP contribution < -0.4 is 0 Å². The Hall–Kier alpha value is -1.38. The molecule has 0 aliphatic heterocycles. The molecule has 0 N–H and O–H groups in total. The van der Waals surface area contributed by atoms with Crippen LogP contribution in [0.4, 0.5) is 4.39 Å². The molecule has 1 rings (SSSR count). The maximum atomic E-state index is 12.7. The molecule has 0 radical (unpaired) electrons. The third-order valence-electron chi connectivity index (χ3n) is 2.32. The standard InChI is InChI=1S/C12H15FO2/c1-3-10(8-15-9(2)14)11-4-6-12(13)7-5-11/h4-7,10H,3,8H2,1-2H3. The van der Waals surface area contributed by atoms with E-state index in [2.05, 4.69) is 0 Å². The maximum Gasteiger partial charge on any atom is 0.302 e. The van der Waals surface area contributed by atoms with E-state index in [-0.39, 0.29) is 17.7 Å². The Kier molecular flexibility index (Phi) is 4.28. The van der Waals surface area contributed by atoms with Gasteiger partial charge in [0.15, 0.2) is 0 Å². The molecule has 0 bridgehead atoms. The summed E-state index contributed by atoms with van der Waals surface area (Å²) in [7, 11) is 0. The molecule has 1 atom stereocenters. The fourth-order valence-corrected chi connectivity index (χ4v) is 1.40. The minimum atomic E-state index is -0.282. The summed E-state index contributed by atoms with van der Waals surface area (Å²) in [6, 6.07) is 6.30. The van der Waals surface area contributed by atoms with Crippen LogP contribution in [0.1, 0.15) is 31.7 Å². The number of halogens is 1. The molecule has 0 aliphatic carbocycles. The van der Waals surface area contributed by atoms with Crippen molar-refractivity contribution in [2.45, 2.75) is 26.2 Å². The Morgan fingerprint density at radius 3 is 2.47 bits per heavy atom. The molecule has 0 saturated heterocycles. The fourth-order valence-electron chi connectivity index (χ4n) is 1.40. The average Bonchev–Trinajstić information content (AvgIpc) is 2.21. The molecule has 1 aromatic carbocycles. The largest absolute Gasteiger partial charge is 0.465 e. The number of hydrogen-bond donors (Lipinski definition) is 0. The monoisotopic (exact) mass is 210 g/mol. The van der Waals surface area contributed by atoms with Gasteiger partial charge in [-0.3, -0.25) is 4.79 Å². The first-order valence-electron chi connectivity index (χ1n) is 5.02. The van der Waals surface area contributed by atoms with E-state index in [0.29, 0.717) is 6.61 Å². The van der Waals surface area contributed by atoms with Crippen molar-refractivity contribution in [2.75, 3.05) is 6.61 Å². The number of hydrogen-bond acceptors (Lipinski definition) is 2. The van der Waals surface area contributed by atoms with Gasteiger partial charge in [-0.2, -0.15) is 0 Å². The summed E-state index contributed by atoms with van der Waals surface area (Å²) in [4.78, 5) is 10.7. The second-order valence-electron chi connectivity index (χ2n) is 3.46. The Bertz CT molecular complexity index is 319. The zero-order valence-electron chi connectivity index (χ0n) is 9.00. The van der Waals surface area contributed by atoms with Gasteiger partial charge in [0.1, 0.15) is 5.82 Å². The third-order valence-corrected chi connectivity index (χ3v) is 2.32. The minimum Gasteiger partial charge on any atom is -0.465 e. The van der Waals surface area contributed by atoms with Gasteiger partial charge in [-0.25, -0.2) is 4.39 Å². The number of ether oxygens (including phenoxy) is 1. The number of esters is 1. The van der Waals surface area contributed by atoms with E-state index in [1.165, 1.54) is 19.1 Å². The van der Waals surface area contributed by atoms with E-state index in [0.717, 1.165) is 12.0 Å². The summed E-state index contributed by atoms with van der Waals surface area (Å²) in [6.07, 6.45) is 0.860. The normalized spacial score (nSPS) is 12.2. The van der Waals surface area contributed by atoms with E-state index in [4.69, 9.17) is 4.74 Å². The molecule has 15 heavy (non-hydrogen) atoms. The minimum absolute atomic E-state index is 0.148. The van der Waals surface area contributed by atoms with Crippen molar-refractivity contribution in [1.82, 2.24) is 0 Å². The van der Waals surface area contributed by atoms with Gasteiger partial charge in [-0.05, 0) is 24.1 Å². The van der Waals surface area contributed by atoms with E-state index >= 15 is 0 Å². The highest BCUT2D eigenvalue weighted by molar-refractivity contribution is 5.65. The van der Waals surface area contributed by atoms with Gasteiger partial charge in [0.25, 0.3) is 0 Å². The van der Waals surface area contributed by atoms with Crippen molar-refractivity contribution < 1.29 is 13.9 Å². The predicted octanol–water partition coefficient (Wildman–Crippen LogP) is 2.88. The van der Waals surface area contributed by atoms with Crippen LogP contribution in [-0.2, 0) is 9.53 Å². The fraction of sp³-hybridized carbons (Fsp3) is 0.417. The molecule has 0 aliphatic rings. The maximum absolute atomic E-state index is 12.7. The first kappa shape index (κ1) is 11.7. The smallest absolute Gasteiger partial charge is 0.302 e. The molecule has 3 heteroatoms. The molecule has 0 heterocycles. The van der Waals surface area contributed by atoms with Gasteiger partial charge in [0.05, 0.1) is 6.61 Å². The van der Waals surface area contributed by atoms with Crippen molar-refractivity contribution >= 4 is 5.97 Å². The second kappa shape index (κ2) is 5.49. The van der Waals surface area contributed by atoms with Crippen LogP contribution in [0, 0.1) is 5.82 Å². The van der Waals surface area contributed by atoms with Gasteiger partial charge < -0.3 is 4.74 Å². The molecular formula is C12H15FO2. The number of rotatable bonds is 4. The van der Waals surface area contributed by atoms with Gasteiger partial charge in [-0.15, -0.1) is 0 Å². The zero-order valence-corrected chi connectivity index (χ0v) is 9.00. The lowest BCUT2D eigenvalue weighted by molar-refractivity contribution is -0.141. The highest BCUT2D eigenvalue weighted by Crippen LogP contribution is 2.20. The lowest BCUT2D eigenvalue weighted by Gasteiger charge is -2.14. The molecule has 0 amide bonds. The lowest BCUT2D eigenvalue weighted by Crippen LogP contribution is -2.10. The van der Waals surface area contributed by atoms with Crippen LogP contribution in [0.25, 0.3) is 0 Å². The summed E-state index contributed by atoms with van der Waals surface area (Å²) < 4.78 is 17.6. The summed E-state index contributed by atoms with van der Waals surface area (Å²) in [5, 5.41) is 0. The Morgan fingerprint density at radius 2 is 2.00 bits per heavy atom. The number of benzene rings is 1.